The summed E-state index contributed by atoms with van der Waals surface area (Å²) in [5.41, 5.74) is 5.13. The molecule has 0 fully saturated rings. The Morgan fingerprint density at radius 3 is 2.59 bits per heavy atom. The second-order valence-corrected chi connectivity index (χ2v) is 10.6. The predicted octanol–water partition coefficient (Wildman–Crippen LogP) is 6.57. The van der Waals surface area contributed by atoms with E-state index in [1.54, 1.807) is 12.1 Å². The number of fused-ring (bicyclic) bond motifs is 1. The van der Waals surface area contributed by atoms with Crippen molar-refractivity contribution in [1.29, 1.82) is 0 Å². The van der Waals surface area contributed by atoms with Gasteiger partial charge in [0, 0.05) is 11.4 Å². The van der Waals surface area contributed by atoms with Gasteiger partial charge in [0.2, 0.25) is 11.8 Å². The lowest BCUT2D eigenvalue weighted by molar-refractivity contribution is -0.128. The zero-order chi connectivity index (χ0) is 24.4. The number of hydrogen-bond donors (Lipinski definition) is 1. The highest BCUT2D eigenvalue weighted by Gasteiger charge is 2.39. The van der Waals surface area contributed by atoms with Crippen LogP contribution >= 0.6 is 35.0 Å². The van der Waals surface area contributed by atoms with E-state index in [9.17, 15) is 9.59 Å². The van der Waals surface area contributed by atoms with Crippen LogP contribution in [0.25, 0.3) is 0 Å². The van der Waals surface area contributed by atoms with Crippen molar-refractivity contribution in [2.24, 2.45) is 5.92 Å². The van der Waals surface area contributed by atoms with E-state index in [0.717, 1.165) is 32.8 Å². The molecule has 2 atom stereocenters. The van der Waals surface area contributed by atoms with E-state index in [1.807, 2.05) is 49.1 Å². The topological polar surface area (TPSA) is 49.4 Å². The quantitative estimate of drug-likeness (QED) is 0.406. The molecule has 1 N–H and O–H groups in total. The smallest absolute Gasteiger partial charge is 0.241 e. The number of nitrogens with one attached hydrogen (secondary N) is 1. The largest absolute Gasteiger partial charge is 0.352 e. The van der Waals surface area contributed by atoms with Gasteiger partial charge in [-0.15, -0.1) is 11.8 Å². The molecule has 0 radical (unpaired) electrons. The zero-order valence-electron chi connectivity index (χ0n) is 19.3. The Hall–Kier alpha value is -2.47. The summed E-state index contributed by atoms with van der Waals surface area (Å²) in [6, 6.07) is 19.4. The van der Waals surface area contributed by atoms with Gasteiger partial charge in [0.1, 0.15) is 5.25 Å². The summed E-state index contributed by atoms with van der Waals surface area (Å²) in [4.78, 5) is 29.5. The average Bonchev–Trinajstić information content (AvgIpc) is 2.83. The van der Waals surface area contributed by atoms with Crippen molar-refractivity contribution in [2.45, 2.75) is 44.0 Å². The van der Waals surface area contributed by atoms with E-state index >= 15 is 0 Å². The van der Waals surface area contributed by atoms with Crippen LogP contribution in [0.3, 0.4) is 0 Å². The van der Waals surface area contributed by atoms with Crippen LogP contribution in [0, 0.1) is 19.8 Å². The van der Waals surface area contributed by atoms with Crippen LogP contribution in [0.4, 0.5) is 5.69 Å². The molecule has 2 amide bonds. The summed E-state index contributed by atoms with van der Waals surface area (Å²) < 4.78 is 0. The molecule has 0 spiro atoms. The minimum atomic E-state index is -0.520. The fraction of sp³-hybridized carbons (Fsp3) is 0.259. The van der Waals surface area contributed by atoms with Crippen molar-refractivity contribution < 1.29 is 9.59 Å². The number of carbonyl (C=O) groups excluding carboxylic acids is 2. The Balaban J connectivity index is 1.54. The van der Waals surface area contributed by atoms with Gasteiger partial charge in [0.05, 0.1) is 28.2 Å². The monoisotopic (exact) mass is 512 g/mol. The number of hydrogen-bond acceptors (Lipinski definition) is 3. The second kappa shape index (κ2) is 10.4. The third-order valence-corrected chi connectivity index (χ3v) is 8.27. The molecule has 0 saturated carbocycles. The van der Waals surface area contributed by atoms with Crippen LogP contribution in [-0.4, -0.2) is 17.1 Å². The lowest BCUT2D eigenvalue weighted by atomic mass is 10.0. The molecule has 7 heteroatoms. The van der Waals surface area contributed by atoms with Gasteiger partial charge >= 0.3 is 0 Å². The number of amides is 2. The van der Waals surface area contributed by atoms with Crippen molar-refractivity contribution >= 4 is 52.5 Å². The molecule has 0 aromatic heterocycles. The van der Waals surface area contributed by atoms with Crippen molar-refractivity contribution in [3.8, 4) is 0 Å². The van der Waals surface area contributed by atoms with Crippen LogP contribution < -0.4 is 10.2 Å². The van der Waals surface area contributed by atoms with Gasteiger partial charge in [0.25, 0.3) is 0 Å². The van der Waals surface area contributed by atoms with E-state index in [4.69, 9.17) is 23.2 Å². The van der Waals surface area contributed by atoms with Gasteiger partial charge in [-0.2, -0.15) is 0 Å². The van der Waals surface area contributed by atoms with E-state index in [-0.39, 0.29) is 11.8 Å². The molecular weight excluding hydrogens is 487 g/mol. The molecule has 0 bridgehead atoms. The van der Waals surface area contributed by atoms with Gasteiger partial charge in [-0.3, -0.25) is 9.59 Å². The standard InChI is InChI=1S/C27H26Cl2N2O2S/c1-16-8-9-17(2)20(12-16)15-31-23-6-4-5-7-24(23)34-25(27(31)33)18(3)26(32)30-14-19-10-11-21(28)22(29)13-19/h4-13,18,25H,14-15H2,1-3H3,(H,30,32)/t18-,25-/m0/s1. The van der Waals surface area contributed by atoms with Crippen LogP contribution in [0.1, 0.15) is 29.2 Å². The molecule has 3 aromatic rings. The summed E-state index contributed by atoms with van der Waals surface area (Å²) in [6.07, 6.45) is 0. The number of anilines is 1. The molecule has 1 aliphatic heterocycles. The molecule has 3 aromatic carbocycles. The second-order valence-electron chi connectivity index (χ2n) is 8.62. The van der Waals surface area contributed by atoms with E-state index < -0.39 is 11.2 Å². The first-order valence-electron chi connectivity index (χ1n) is 11.1. The third-order valence-electron chi connectivity index (χ3n) is 6.07. The van der Waals surface area contributed by atoms with Crippen LogP contribution in [0.15, 0.2) is 65.6 Å². The molecule has 34 heavy (non-hydrogen) atoms. The molecule has 0 aliphatic carbocycles. The number of benzene rings is 3. The number of nitrogens with zero attached hydrogens (tertiary/aromatic N) is 1. The molecule has 176 valence electrons. The Labute approximate surface area is 214 Å². The minimum Gasteiger partial charge on any atom is -0.352 e. The minimum absolute atomic E-state index is 0.0539. The van der Waals surface area contributed by atoms with Crippen LogP contribution in [0.5, 0.6) is 0 Å². The summed E-state index contributed by atoms with van der Waals surface area (Å²) in [5, 5.41) is 3.34. The maximum atomic E-state index is 13.7. The molecule has 0 saturated heterocycles. The first-order chi connectivity index (χ1) is 16.2. The Morgan fingerprint density at radius 2 is 1.82 bits per heavy atom. The fourth-order valence-electron chi connectivity index (χ4n) is 4.00. The van der Waals surface area contributed by atoms with E-state index in [1.165, 1.54) is 11.8 Å². The Morgan fingerprint density at radius 1 is 1.06 bits per heavy atom. The number of carbonyl (C=O) groups is 2. The first-order valence-corrected chi connectivity index (χ1v) is 12.7. The molecule has 4 nitrogen and oxygen atoms in total. The molecule has 4 rings (SSSR count). The van der Waals surface area contributed by atoms with Gasteiger partial charge in [-0.25, -0.2) is 0 Å². The van der Waals surface area contributed by atoms with Gasteiger partial charge in [0.15, 0.2) is 0 Å². The van der Waals surface area contributed by atoms with E-state index in [0.29, 0.717) is 23.1 Å². The molecule has 0 unspecified atom stereocenters. The summed E-state index contributed by atoms with van der Waals surface area (Å²) in [6.45, 7) is 6.70. The van der Waals surface area contributed by atoms with Crippen molar-refractivity contribution in [1.82, 2.24) is 5.32 Å². The highest BCUT2D eigenvalue weighted by Crippen LogP contribution is 2.42. The molecular formula is C27H26Cl2N2O2S. The highest BCUT2D eigenvalue weighted by atomic mass is 35.5. The maximum Gasteiger partial charge on any atom is 0.241 e. The maximum absolute atomic E-state index is 13.7. The zero-order valence-corrected chi connectivity index (χ0v) is 21.6. The van der Waals surface area contributed by atoms with Gasteiger partial charge < -0.3 is 10.2 Å². The van der Waals surface area contributed by atoms with Gasteiger partial charge in [-0.1, -0.05) is 72.1 Å². The fourth-order valence-corrected chi connectivity index (χ4v) is 5.60. The SMILES string of the molecule is Cc1ccc(C)c(CN2C(=O)[C@H]([C@H](C)C(=O)NCc3ccc(Cl)c(Cl)c3)Sc3ccccc32)c1. The van der Waals surface area contributed by atoms with Gasteiger partial charge in [-0.05, 0) is 54.8 Å². The number of para-hydroxylation sites is 1. The molecule has 1 aliphatic rings. The lowest BCUT2D eigenvalue weighted by Gasteiger charge is -2.36. The number of thioether (sulfide) groups is 1. The highest BCUT2D eigenvalue weighted by molar-refractivity contribution is 8.01. The lowest BCUT2D eigenvalue weighted by Crippen LogP contribution is -2.47. The van der Waals surface area contributed by atoms with Crippen LogP contribution in [-0.2, 0) is 22.7 Å². The number of rotatable bonds is 6. The van der Waals surface area contributed by atoms with Crippen molar-refractivity contribution in [3.05, 3.63) is 93.0 Å². The Kier molecular flexibility index (Phi) is 7.56. The summed E-state index contributed by atoms with van der Waals surface area (Å²) in [7, 11) is 0. The number of halogens is 2. The average molecular weight is 513 g/mol. The normalized spacial score (nSPS) is 16.2. The van der Waals surface area contributed by atoms with E-state index in [2.05, 4.69) is 30.4 Å². The van der Waals surface area contributed by atoms with Crippen molar-refractivity contribution in [2.75, 3.05) is 4.90 Å². The number of aryl methyl sites for hydroxylation is 2. The van der Waals surface area contributed by atoms with Crippen molar-refractivity contribution in [3.63, 3.8) is 0 Å². The Bertz CT molecular complexity index is 1250. The summed E-state index contributed by atoms with van der Waals surface area (Å²) >= 11 is 13.5. The predicted molar refractivity (Wildman–Crippen MR) is 141 cm³/mol. The first kappa shape index (κ1) is 24.6. The summed E-state index contributed by atoms with van der Waals surface area (Å²) in [5.74, 6) is -0.750. The van der Waals surface area contributed by atoms with Crippen LogP contribution in [0.2, 0.25) is 10.0 Å². The third kappa shape index (κ3) is 5.27. The molecule has 1 heterocycles.